The first-order valence-electron chi connectivity index (χ1n) is 9.81. The number of aromatic amines is 1. The number of benzene rings is 2. The summed E-state index contributed by atoms with van der Waals surface area (Å²) in [5, 5.41) is 2.67. The number of carbonyl (C=O) groups excluding carboxylic acids is 1. The Morgan fingerprint density at radius 3 is 2.83 bits per heavy atom. The summed E-state index contributed by atoms with van der Waals surface area (Å²) in [5.41, 5.74) is 9.83. The first kappa shape index (κ1) is 18.8. The van der Waals surface area contributed by atoms with E-state index in [4.69, 9.17) is 17.3 Å². The van der Waals surface area contributed by atoms with Crippen molar-refractivity contribution >= 4 is 45.1 Å². The number of aromatic nitrogens is 3. The van der Waals surface area contributed by atoms with Gasteiger partial charge in [0.1, 0.15) is 12.1 Å². The van der Waals surface area contributed by atoms with Crippen molar-refractivity contribution in [1.82, 2.24) is 24.8 Å². The van der Waals surface area contributed by atoms with Gasteiger partial charge in [-0.15, -0.1) is 0 Å². The van der Waals surface area contributed by atoms with Crippen LogP contribution < -0.4 is 5.73 Å². The third kappa shape index (κ3) is 3.69. The molecule has 4 aromatic rings. The molecule has 152 valence electrons. The Hall–Kier alpha value is -3.16. The van der Waals surface area contributed by atoms with E-state index in [1.165, 1.54) is 6.33 Å². The number of hydrogen-bond donors (Lipinski definition) is 2. The Morgan fingerprint density at radius 2 is 1.97 bits per heavy atom. The number of piperazine rings is 1. The summed E-state index contributed by atoms with van der Waals surface area (Å²) < 4.78 is 0. The van der Waals surface area contributed by atoms with E-state index in [1.807, 2.05) is 41.3 Å². The van der Waals surface area contributed by atoms with Gasteiger partial charge in [-0.2, -0.15) is 0 Å². The van der Waals surface area contributed by atoms with Crippen LogP contribution in [0.15, 0.2) is 48.8 Å². The SMILES string of the molecule is Nc1ncnc2cc(CN3CCN(Cc4cc5ccc(Cl)cc5[nH]4)CC3=O)ccc12. The average Bonchev–Trinajstić information content (AvgIpc) is 3.11. The molecular formula is C22H21ClN6O. The van der Waals surface area contributed by atoms with Crippen LogP contribution >= 0.6 is 11.6 Å². The smallest absolute Gasteiger partial charge is 0.237 e. The lowest BCUT2D eigenvalue weighted by Gasteiger charge is -2.34. The Labute approximate surface area is 178 Å². The standard InChI is InChI=1S/C22H21ClN6O/c23-16-3-2-15-8-17(27-19(15)9-16)11-28-5-6-29(21(30)12-28)10-14-1-4-18-20(7-14)25-13-26-22(18)24/h1-4,7-9,13,27H,5-6,10-12H2,(H2,24,25,26). The van der Waals surface area contributed by atoms with Crippen LogP contribution in [0, 0.1) is 0 Å². The van der Waals surface area contributed by atoms with Gasteiger partial charge in [0.05, 0.1) is 12.1 Å². The predicted molar refractivity (Wildman–Crippen MR) is 118 cm³/mol. The molecule has 2 aromatic heterocycles. The quantitative estimate of drug-likeness (QED) is 0.529. The number of rotatable bonds is 4. The molecule has 0 saturated carbocycles. The molecule has 0 aliphatic carbocycles. The van der Waals surface area contributed by atoms with Crippen LogP contribution in [0.5, 0.6) is 0 Å². The normalized spacial score (nSPS) is 15.4. The number of nitrogens with one attached hydrogen (secondary N) is 1. The fourth-order valence-electron chi connectivity index (χ4n) is 3.99. The maximum Gasteiger partial charge on any atom is 0.237 e. The van der Waals surface area contributed by atoms with E-state index in [2.05, 4.69) is 25.9 Å². The minimum absolute atomic E-state index is 0.128. The van der Waals surface area contributed by atoms with E-state index in [0.717, 1.165) is 39.6 Å². The molecule has 0 unspecified atom stereocenters. The number of carbonyl (C=O) groups is 1. The van der Waals surface area contributed by atoms with Crippen LogP contribution in [0.1, 0.15) is 11.3 Å². The highest BCUT2D eigenvalue weighted by Crippen LogP contribution is 2.22. The number of halogens is 1. The summed E-state index contributed by atoms with van der Waals surface area (Å²) in [5.74, 6) is 0.596. The number of nitrogens with two attached hydrogens (primary N) is 1. The highest BCUT2D eigenvalue weighted by Gasteiger charge is 2.24. The number of H-pyrrole nitrogens is 1. The van der Waals surface area contributed by atoms with Crippen LogP contribution in [-0.2, 0) is 17.9 Å². The maximum absolute atomic E-state index is 12.7. The van der Waals surface area contributed by atoms with Gasteiger partial charge in [-0.25, -0.2) is 9.97 Å². The number of nitrogens with zero attached hydrogens (tertiary/aromatic N) is 4. The summed E-state index contributed by atoms with van der Waals surface area (Å²) in [7, 11) is 0. The molecule has 3 heterocycles. The van der Waals surface area contributed by atoms with E-state index >= 15 is 0 Å². The van der Waals surface area contributed by atoms with Crippen LogP contribution in [0.2, 0.25) is 5.02 Å². The van der Waals surface area contributed by atoms with Gasteiger partial charge in [0.2, 0.25) is 5.91 Å². The van der Waals surface area contributed by atoms with E-state index in [9.17, 15) is 4.79 Å². The number of amides is 1. The average molecular weight is 421 g/mol. The van der Waals surface area contributed by atoms with Crippen molar-refractivity contribution in [2.24, 2.45) is 0 Å². The van der Waals surface area contributed by atoms with Crippen molar-refractivity contribution in [3.05, 3.63) is 65.1 Å². The van der Waals surface area contributed by atoms with Crippen LogP contribution in [-0.4, -0.2) is 50.3 Å². The first-order valence-corrected chi connectivity index (χ1v) is 10.2. The maximum atomic E-state index is 12.7. The Kier molecular flexibility index (Phi) is 4.77. The van der Waals surface area contributed by atoms with Crippen LogP contribution in [0.25, 0.3) is 21.8 Å². The van der Waals surface area contributed by atoms with Crippen LogP contribution in [0.3, 0.4) is 0 Å². The van der Waals surface area contributed by atoms with Gasteiger partial charge in [0.25, 0.3) is 0 Å². The molecule has 2 aromatic carbocycles. The molecule has 1 saturated heterocycles. The van der Waals surface area contributed by atoms with Gasteiger partial charge in [-0.05, 0) is 41.3 Å². The first-order chi connectivity index (χ1) is 14.5. The molecule has 3 N–H and O–H groups in total. The van der Waals surface area contributed by atoms with Gasteiger partial charge in [0, 0.05) is 47.8 Å². The molecule has 1 fully saturated rings. The molecular weight excluding hydrogens is 400 g/mol. The van der Waals surface area contributed by atoms with Crippen molar-refractivity contribution in [3.63, 3.8) is 0 Å². The second-order valence-corrected chi connectivity index (χ2v) is 8.10. The summed E-state index contributed by atoms with van der Waals surface area (Å²) in [6, 6.07) is 13.8. The van der Waals surface area contributed by atoms with Gasteiger partial charge in [-0.3, -0.25) is 9.69 Å². The van der Waals surface area contributed by atoms with Gasteiger partial charge >= 0.3 is 0 Å². The minimum Gasteiger partial charge on any atom is -0.383 e. The molecule has 0 atom stereocenters. The lowest BCUT2D eigenvalue weighted by Crippen LogP contribution is -2.49. The molecule has 1 aliphatic rings. The minimum atomic E-state index is 0.128. The predicted octanol–water partition coefficient (Wildman–Crippen LogP) is 3.19. The number of nitrogen functional groups attached to an aromatic ring is 1. The van der Waals surface area contributed by atoms with Crippen molar-refractivity contribution in [3.8, 4) is 0 Å². The zero-order valence-electron chi connectivity index (χ0n) is 16.3. The molecule has 0 radical (unpaired) electrons. The van der Waals surface area contributed by atoms with Crippen LogP contribution in [0.4, 0.5) is 5.82 Å². The monoisotopic (exact) mass is 420 g/mol. The molecule has 30 heavy (non-hydrogen) atoms. The summed E-state index contributed by atoms with van der Waals surface area (Å²) in [6.07, 6.45) is 1.46. The second-order valence-electron chi connectivity index (χ2n) is 7.66. The molecule has 7 nitrogen and oxygen atoms in total. The summed E-state index contributed by atoms with van der Waals surface area (Å²) in [6.45, 7) is 3.19. The van der Waals surface area contributed by atoms with E-state index in [1.54, 1.807) is 0 Å². The Bertz CT molecular complexity index is 1250. The van der Waals surface area contributed by atoms with Crippen molar-refractivity contribution < 1.29 is 4.79 Å². The largest absolute Gasteiger partial charge is 0.383 e. The van der Waals surface area contributed by atoms with E-state index in [0.29, 0.717) is 37.0 Å². The molecule has 8 heteroatoms. The van der Waals surface area contributed by atoms with Crippen molar-refractivity contribution in [2.45, 2.75) is 13.1 Å². The second kappa shape index (κ2) is 7.59. The highest BCUT2D eigenvalue weighted by atomic mass is 35.5. The Morgan fingerprint density at radius 1 is 1.07 bits per heavy atom. The van der Waals surface area contributed by atoms with Gasteiger partial charge < -0.3 is 15.6 Å². The van der Waals surface area contributed by atoms with E-state index in [-0.39, 0.29) is 5.91 Å². The molecule has 1 amide bonds. The number of fused-ring (bicyclic) bond motifs is 2. The fraction of sp³-hybridized carbons (Fsp3) is 0.227. The summed E-state index contributed by atoms with van der Waals surface area (Å²) in [4.78, 5) is 28.5. The van der Waals surface area contributed by atoms with E-state index < -0.39 is 0 Å². The number of hydrogen-bond acceptors (Lipinski definition) is 5. The fourth-order valence-corrected chi connectivity index (χ4v) is 4.16. The van der Waals surface area contributed by atoms with Crippen molar-refractivity contribution in [1.29, 1.82) is 0 Å². The highest BCUT2D eigenvalue weighted by molar-refractivity contribution is 6.31. The zero-order chi connectivity index (χ0) is 20.7. The zero-order valence-corrected chi connectivity index (χ0v) is 17.1. The topological polar surface area (TPSA) is 91.1 Å². The molecule has 0 spiro atoms. The lowest BCUT2D eigenvalue weighted by molar-refractivity contribution is -0.136. The third-order valence-electron chi connectivity index (χ3n) is 5.54. The molecule has 0 bridgehead atoms. The van der Waals surface area contributed by atoms with Gasteiger partial charge in [-0.1, -0.05) is 23.7 Å². The third-order valence-corrected chi connectivity index (χ3v) is 5.77. The molecule has 1 aliphatic heterocycles. The number of anilines is 1. The Balaban J connectivity index is 1.24. The summed E-state index contributed by atoms with van der Waals surface area (Å²) >= 11 is 6.07. The molecule has 5 rings (SSSR count). The lowest BCUT2D eigenvalue weighted by atomic mass is 10.1. The van der Waals surface area contributed by atoms with Gasteiger partial charge in [0.15, 0.2) is 0 Å². The van der Waals surface area contributed by atoms with Crippen molar-refractivity contribution in [2.75, 3.05) is 25.4 Å².